The molecule has 1 amide bonds. The molecule has 0 aliphatic heterocycles. The van der Waals surface area contributed by atoms with E-state index in [1.165, 1.54) is 0 Å². The number of carbonyl (C=O) groups excluding carboxylic acids is 1. The molecule has 0 spiro atoms. The fraction of sp³-hybridized carbons (Fsp3) is 0.316. The number of benzene rings is 2. The number of nitrogen functional groups attached to an aromatic ring is 1. The third-order valence-electron chi connectivity index (χ3n) is 3.54. The molecule has 0 heterocycles. The third kappa shape index (κ3) is 6.74. The molecule has 136 valence electrons. The Balaban J connectivity index is 0.00000312. The van der Waals surface area contributed by atoms with Crippen molar-refractivity contribution in [3.63, 3.8) is 0 Å². The second kappa shape index (κ2) is 10.7. The van der Waals surface area contributed by atoms with E-state index < -0.39 is 0 Å². The van der Waals surface area contributed by atoms with Gasteiger partial charge in [-0.3, -0.25) is 4.79 Å². The molecule has 0 unspecified atom stereocenters. The van der Waals surface area contributed by atoms with Crippen molar-refractivity contribution in [1.82, 2.24) is 0 Å². The van der Waals surface area contributed by atoms with Crippen molar-refractivity contribution in [3.8, 4) is 0 Å². The highest BCUT2D eigenvalue weighted by Gasteiger charge is 2.10. The van der Waals surface area contributed by atoms with Crippen molar-refractivity contribution in [2.24, 2.45) is 0 Å². The van der Waals surface area contributed by atoms with Crippen molar-refractivity contribution in [2.75, 3.05) is 30.9 Å². The van der Waals surface area contributed by atoms with Gasteiger partial charge in [-0.1, -0.05) is 18.2 Å². The van der Waals surface area contributed by atoms with Gasteiger partial charge in [0.2, 0.25) is 0 Å². The summed E-state index contributed by atoms with van der Waals surface area (Å²) < 4.78 is 10.8. The molecule has 0 aromatic heterocycles. The Hall–Kier alpha value is -2.08. The maximum Gasteiger partial charge on any atom is 0.256 e. The molecule has 0 saturated carbocycles. The Morgan fingerprint density at radius 1 is 1.12 bits per heavy atom. The topological polar surface area (TPSA) is 73.6 Å². The van der Waals surface area contributed by atoms with Crippen LogP contribution in [0.2, 0.25) is 0 Å². The van der Waals surface area contributed by atoms with Crippen LogP contribution >= 0.6 is 12.4 Å². The number of hydrogen-bond acceptors (Lipinski definition) is 4. The minimum absolute atomic E-state index is 0. The van der Waals surface area contributed by atoms with Crippen molar-refractivity contribution in [2.45, 2.75) is 20.5 Å². The number of hydrogen-bond donors (Lipinski definition) is 2. The number of nitrogens with one attached hydrogen (secondary N) is 1. The van der Waals surface area contributed by atoms with Gasteiger partial charge in [-0.15, -0.1) is 12.4 Å². The molecule has 2 aromatic carbocycles. The van der Waals surface area contributed by atoms with Crippen LogP contribution in [0.5, 0.6) is 0 Å². The lowest BCUT2D eigenvalue weighted by Gasteiger charge is -2.10. The van der Waals surface area contributed by atoms with E-state index in [-0.39, 0.29) is 18.3 Å². The summed E-state index contributed by atoms with van der Waals surface area (Å²) in [6.45, 7) is 6.14. The van der Waals surface area contributed by atoms with Gasteiger partial charge in [-0.2, -0.15) is 0 Å². The molecule has 0 aliphatic carbocycles. The van der Waals surface area contributed by atoms with E-state index in [2.05, 4.69) is 5.32 Å². The Labute approximate surface area is 154 Å². The second-order valence-corrected chi connectivity index (χ2v) is 5.48. The number of amides is 1. The summed E-state index contributed by atoms with van der Waals surface area (Å²) >= 11 is 0. The van der Waals surface area contributed by atoms with E-state index in [4.69, 9.17) is 15.2 Å². The number of carbonyl (C=O) groups is 1. The molecule has 2 aromatic rings. The third-order valence-corrected chi connectivity index (χ3v) is 3.54. The van der Waals surface area contributed by atoms with Gasteiger partial charge in [0.1, 0.15) is 0 Å². The van der Waals surface area contributed by atoms with Crippen LogP contribution in [0, 0.1) is 6.92 Å². The number of rotatable bonds is 8. The van der Waals surface area contributed by atoms with Crippen molar-refractivity contribution < 1.29 is 14.3 Å². The predicted octanol–water partition coefficient (Wildman–Crippen LogP) is 3.80. The maximum absolute atomic E-state index is 12.4. The maximum atomic E-state index is 12.4. The van der Waals surface area contributed by atoms with Crippen LogP contribution < -0.4 is 11.1 Å². The predicted molar refractivity (Wildman–Crippen MR) is 103 cm³/mol. The molecule has 0 fully saturated rings. The van der Waals surface area contributed by atoms with E-state index in [1.54, 1.807) is 12.1 Å². The Morgan fingerprint density at radius 2 is 1.88 bits per heavy atom. The van der Waals surface area contributed by atoms with E-state index in [9.17, 15) is 4.79 Å². The first-order valence-corrected chi connectivity index (χ1v) is 8.02. The monoisotopic (exact) mass is 364 g/mol. The number of ether oxygens (including phenoxy) is 2. The Bertz CT molecular complexity index is 692. The highest BCUT2D eigenvalue weighted by molar-refractivity contribution is 6.05. The molecule has 0 bridgehead atoms. The number of halogens is 1. The second-order valence-electron chi connectivity index (χ2n) is 5.48. The molecule has 0 atom stereocenters. The quantitative estimate of drug-likeness (QED) is 0.552. The molecule has 25 heavy (non-hydrogen) atoms. The fourth-order valence-electron chi connectivity index (χ4n) is 2.27. The molecule has 0 aliphatic rings. The molecule has 3 N–H and O–H groups in total. The van der Waals surface area contributed by atoms with Crippen molar-refractivity contribution in [3.05, 3.63) is 59.2 Å². The molecule has 0 saturated heterocycles. The SMILES string of the molecule is CCOCCOCc1cccc(NC(=O)c2cc(N)ccc2C)c1.Cl. The zero-order valence-corrected chi connectivity index (χ0v) is 15.4. The largest absolute Gasteiger partial charge is 0.399 e. The van der Waals surface area contributed by atoms with Crippen LogP contribution in [-0.2, 0) is 16.1 Å². The first-order chi connectivity index (χ1) is 11.6. The number of nitrogens with two attached hydrogens (primary N) is 1. The summed E-state index contributed by atoms with van der Waals surface area (Å²) in [4.78, 5) is 12.4. The van der Waals surface area contributed by atoms with Gasteiger partial charge < -0.3 is 20.5 Å². The van der Waals surface area contributed by atoms with Gasteiger partial charge in [0, 0.05) is 23.5 Å². The van der Waals surface area contributed by atoms with Gasteiger partial charge in [0.05, 0.1) is 19.8 Å². The summed E-state index contributed by atoms with van der Waals surface area (Å²) in [7, 11) is 0. The molecule has 2 rings (SSSR count). The molecular formula is C19H25ClN2O3. The lowest BCUT2D eigenvalue weighted by atomic mass is 10.1. The molecule has 0 radical (unpaired) electrons. The van der Waals surface area contributed by atoms with Crippen LogP contribution in [0.25, 0.3) is 0 Å². The minimum Gasteiger partial charge on any atom is -0.399 e. The first-order valence-electron chi connectivity index (χ1n) is 8.02. The van der Waals surface area contributed by atoms with Gasteiger partial charge in [0.15, 0.2) is 0 Å². The van der Waals surface area contributed by atoms with Crippen LogP contribution in [0.3, 0.4) is 0 Å². The standard InChI is InChI=1S/C19H24N2O3.ClH/c1-3-23-9-10-24-13-15-5-4-6-17(11-15)21-19(22)18-12-16(20)8-7-14(18)2;/h4-8,11-12H,3,9-10,13,20H2,1-2H3,(H,21,22);1H. The summed E-state index contributed by atoms with van der Waals surface area (Å²) in [6.07, 6.45) is 0. The molecule has 5 nitrogen and oxygen atoms in total. The van der Waals surface area contributed by atoms with Crippen LogP contribution in [0.15, 0.2) is 42.5 Å². The van der Waals surface area contributed by atoms with Crippen molar-refractivity contribution >= 4 is 29.7 Å². The first kappa shape index (κ1) is 21.0. The van der Waals surface area contributed by atoms with E-state index in [0.29, 0.717) is 37.7 Å². The zero-order valence-electron chi connectivity index (χ0n) is 14.6. The van der Waals surface area contributed by atoms with Crippen LogP contribution in [0.4, 0.5) is 11.4 Å². The van der Waals surface area contributed by atoms with Crippen LogP contribution in [0.1, 0.15) is 28.4 Å². The lowest BCUT2D eigenvalue weighted by Crippen LogP contribution is -2.14. The van der Waals surface area contributed by atoms with Crippen LogP contribution in [-0.4, -0.2) is 25.7 Å². The molecular weight excluding hydrogens is 340 g/mol. The fourth-order valence-corrected chi connectivity index (χ4v) is 2.27. The smallest absolute Gasteiger partial charge is 0.256 e. The highest BCUT2D eigenvalue weighted by atomic mass is 35.5. The van der Waals surface area contributed by atoms with E-state index >= 15 is 0 Å². The van der Waals surface area contributed by atoms with E-state index in [0.717, 1.165) is 16.8 Å². The van der Waals surface area contributed by atoms with Gasteiger partial charge in [0.25, 0.3) is 5.91 Å². The summed E-state index contributed by atoms with van der Waals surface area (Å²) in [5, 5.41) is 2.90. The summed E-state index contributed by atoms with van der Waals surface area (Å²) in [5.41, 5.74) is 9.52. The van der Waals surface area contributed by atoms with Gasteiger partial charge in [-0.25, -0.2) is 0 Å². The zero-order chi connectivity index (χ0) is 17.4. The number of anilines is 2. The van der Waals surface area contributed by atoms with Crippen molar-refractivity contribution in [1.29, 1.82) is 0 Å². The summed E-state index contributed by atoms with van der Waals surface area (Å²) in [5.74, 6) is -0.172. The average molecular weight is 365 g/mol. The number of aryl methyl sites for hydroxylation is 1. The van der Waals surface area contributed by atoms with Gasteiger partial charge in [-0.05, 0) is 49.2 Å². The van der Waals surface area contributed by atoms with Gasteiger partial charge >= 0.3 is 0 Å². The summed E-state index contributed by atoms with van der Waals surface area (Å²) in [6, 6.07) is 12.9. The lowest BCUT2D eigenvalue weighted by molar-refractivity contribution is 0.0453. The average Bonchev–Trinajstić information content (AvgIpc) is 2.57. The normalized spacial score (nSPS) is 10.2. The minimum atomic E-state index is -0.172. The highest BCUT2D eigenvalue weighted by Crippen LogP contribution is 2.17. The molecule has 6 heteroatoms. The van der Waals surface area contributed by atoms with E-state index in [1.807, 2.05) is 44.2 Å². The Morgan fingerprint density at radius 3 is 2.64 bits per heavy atom. The Kier molecular flexibility index (Phi) is 8.99.